The summed E-state index contributed by atoms with van der Waals surface area (Å²) in [5, 5.41) is 45.7. The predicted octanol–water partition coefficient (Wildman–Crippen LogP) is -1.63. The predicted molar refractivity (Wildman–Crippen MR) is 62.4 cm³/mol. The molecule has 108 valence electrons. The fourth-order valence-corrected chi connectivity index (χ4v) is 1.31. The zero-order valence-corrected chi connectivity index (χ0v) is 10.0. The largest absolute Gasteiger partial charge is 0.479 e. The normalized spacial score (nSPS) is 18.7. The number of aliphatic hydroxyl groups excluding tert-OH is 2. The first-order chi connectivity index (χ1) is 8.71. The van der Waals surface area contributed by atoms with E-state index in [0.717, 1.165) is 0 Å². The molecule has 0 radical (unpaired) electrons. The molecule has 0 heterocycles. The number of hydrogen-bond acceptors (Lipinski definition) is 6. The molecule has 3 atom stereocenters. The standard InChI is InChI=1S/C11H16O8/c1-3-10(18,8(14)15)11(4-2,9(16)17)19-6-7(13)5-12/h3-4,7,12-13,18H,1-2,5-6H2,(H,14,15)(H,16,17). The third kappa shape index (κ3) is 2.99. The lowest BCUT2D eigenvalue weighted by Crippen LogP contribution is -2.63. The van der Waals surface area contributed by atoms with Crippen LogP contribution >= 0.6 is 0 Å². The molecule has 0 bridgehead atoms. The minimum atomic E-state index is -2.99. The Kier molecular flexibility index (Phi) is 5.84. The summed E-state index contributed by atoms with van der Waals surface area (Å²) in [5.41, 5.74) is -5.74. The molecule has 0 fully saturated rings. The minimum absolute atomic E-state index is 0.483. The van der Waals surface area contributed by atoms with Gasteiger partial charge in [0.1, 0.15) is 6.10 Å². The molecule has 0 aliphatic rings. The van der Waals surface area contributed by atoms with Crippen LogP contribution in [0, 0.1) is 0 Å². The third-order valence-electron chi connectivity index (χ3n) is 2.51. The van der Waals surface area contributed by atoms with Gasteiger partial charge >= 0.3 is 11.9 Å². The summed E-state index contributed by atoms with van der Waals surface area (Å²) in [4.78, 5) is 22.3. The molecule has 0 spiro atoms. The Morgan fingerprint density at radius 3 is 2.00 bits per heavy atom. The van der Waals surface area contributed by atoms with Crippen molar-refractivity contribution in [2.24, 2.45) is 0 Å². The first kappa shape index (κ1) is 17.3. The van der Waals surface area contributed by atoms with E-state index in [1.165, 1.54) is 0 Å². The number of carboxylic acid groups (broad SMARTS) is 2. The molecule has 0 amide bonds. The van der Waals surface area contributed by atoms with Crippen LogP contribution in [0.2, 0.25) is 0 Å². The molecule has 5 N–H and O–H groups in total. The highest BCUT2D eigenvalue weighted by molar-refractivity contribution is 5.94. The average Bonchev–Trinajstić information content (AvgIpc) is 2.38. The zero-order chi connectivity index (χ0) is 15.3. The van der Waals surface area contributed by atoms with Crippen molar-refractivity contribution >= 4 is 11.9 Å². The molecule has 0 saturated heterocycles. The summed E-state index contributed by atoms with van der Waals surface area (Å²) in [6.45, 7) is 4.74. The van der Waals surface area contributed by atoms with E-state index >= 15 is 0 Å². The molecule has 8 heteroatoms. The van der Waals surface area contributed by atoms with E-state index < -0.39 is 42.5 Å². The van der Waals surface area contributed by atoms with E-state index in [9.17, 15) is 14.7 Å². The number of rotatable bonds is 9. The molecular formula is C11H16O8. The Morgan fingerprint density at radius 1 is 1.21 bits per heavy atom. The molecule has 0 saturated carbocycles. The number of carboxylic acids is 2. The first-order valence-corrected chi connectivity index (χ1v) is 5.11. The summed E-state index contributed by atoms with van der Waals surface area (Å²) >= 11 is 0. The number of hydrogen-bond donors (Lipinski definition) is 5. The molecule has 0 aliphatic heterocycles. The van der Waals surface area contributed by atoms with Gasteiger partial charge in [-0.2, -0.15) is 0 Å². The van der Waals surface area contributed by atoms with Gasteiger partial charge in [0.2, 0.25) is 11.2 Å². The Labute approximate surface area is 108 Å². The fraction of sp³-hybridized carbons (Fsp3) is 0.455. The highest BCUT2D eigenvalue weighted by Gasteiger charge is 2.59. The summed E-state index contributed by atoms with van der Waals surface area (Å²) in [5.74, 6) is -3.75. The fourth-order valence-electron chi connectivity index (χ4n) is 1.31. The molecular weight excluding hydrogens is 260 g/mol. The Morgan fingerprint density at radius 2 is 1.74 bits per heavy atom. The summed E-state index contributed by atoms with van der Waals surface area (Å²) in [6.07, 6.45) is -0.382. The van der Waals surface area contributed by atoms with E-state index in [1.54, 1.807) is 0 Å². The second-order valence-corrected chi connectivity index (χ2v) is 3.67. The van der Waals surface area contributed by atoms with Gasteiger partial charge in [0, 0.05) is 0 Å². The van der Waals surface area contributed by atoms with Gasteiger partial charge in [0.25, 0.3) is 0 Å². The van der Waals surface area contributed by atoms with Crippen molar-refractivity contribution in [1.29, 1.82) is 0 Å². The number of aliphatic hydroxyl groups is 3. The second kappa shape index (κ2) is 6.43. The molecule has 0 aliphatic carbocycles. The van der Waals surface area contributed by atoms with E-state index in [1.807, 2.05) is 0 Å². The lowest BCUT2D eigenvalue weighted by atomic mass is 9.82. The van der Waals surface area contributed by atoms with Crippen molar-refractivity contribution in [3.8, 4) is 0 Å². The van der Waals surface area contributed by atoms with Crippen LogP contribution < -0.4 is 0 Å². The summed E-state index contributed by atoms with van der Waals surface area (Å²) in [6, 6.07) is 0. The van der Waals surface area contributed by atoms with Crippen molar-refractivity contribution < 1.29 is 39.9 Å². The van der Waals surface area contributed by atoms with E-state index in [2.05, 4.69) is 13.2 Å². The lowest BCUT2D eigenvalue weighted by Gasteiger charge is -2.37. The summed E-state index contributed by atoms with van der Waals surface area (Å²) in [7, 11) is 0. The quantitative estimate of drug-likeness (QED) is 0.315. The van der Waals surface area contributed by atoms with Gasteiger partial charge in [-0.25, -0.2) is 9.59 Å². The molecule has 0 aromatic heterocycles. The monoisotopic (exact) mass is 276 g/mol. The minimum Gasteiger partial charge on any atom is -0.479 e. The average molecular weight is 276 g/mol. The molecule has 0 rings (SSSR count). The van der Waals surface area contributed by atoms with Crippen LogP contribution in [0.15, 0.2) is 25.3 Å². The van der Waals surface area contributed by atoms with Crippen LogP contribution in [0.1, 0.15) is 0 Å². The van der Waals surface area contributed by atoms with Crippen LogP contribution in [-0.2, 0) is 14.3 Å². The maximum atomic E-state index is 11.3. The highest BCUT2D eigenvalue weighted by Crippen LogP contribution is 2.30. The van der Waals surface area contributed by atoms with Crippen molar-refractivity contribution in [2.75, 3.05) is 13.2 Å². The molecule has 8 nitrogen and oxygen atoms in total. The van der Waals surface area contributed by atoms with Crippen molar-refractivity contribution in [3.63, 3.8) is 0 Å². The van der Waals surface area contributed by atoms with Crippen LogP contribution in [0.3, 0.4) is 0 Å². The van der Waals surface area contributed by atoms with Gasteiger partial charge in [-0.1, -0.05) is 13.2 Å². The van der Waals surface area contributed by atoms with Crippen LogP contribution in [0.25, 0.3) is 0 Å². The highest BCUT2D eigenvalue weighted by atomic mass is 16.6. The molecule has 19 heavy (non-hydrogen) atoms. The topological polar surface area (TPSA) is 145 Å². The maximum absolute atomic E-state index is 11.3. The van der Waals surface area contributed by atoms with Gasteiger partial charge in [-0.3, -0.25) is 0 Å². The van der Waals surface area contributed by atoms with Gasteiger partial charge in [-0.05, 0) is 12.2 Å². The molecule has 0 aromatic rings. The number of aliphatic carboxylic acids is 2. The number of carbonyl (C=O) groups is 2. The van der Waals surface area contributed by atoms with Gasteiger partial charge in [-0.15, -0.1) is 0 Å². The van der Waals surface area contributed by atoms with Gasteiger partial charge < -0.3 is 30.3 Å². The van der Waals surface area contributed by atoms with Crippen molar-refractivity contribution in [2.45, 2.75) is 17.3 Å². The SMILES string of the molecule is C=CC(O)(C(=O)O)C(C=C)(OCC(O)CO)C(=O)O. The van der Waals surface area contributed by atoms with Crippen molar-refractivity contribution in [1.82, 2.24) is 0 Å². The van der Waals surface area contributed by atoms with E-state index in [-0.39, 0.29) is 0 Å². The zero-order valence-electron chi connectivity index (χ0n) is 10.0. The Balaban J connectivity index is 5.64. The first-order valence-electron chi connectivity index (χ1n) is 5.11. The smallest absolute Gasteiger partial charge is 0.344 e. The van der Waals surface area contributed by atoms with Gasteiger partial charge in [0.05, 0.1) is 13.2 Å². The lowest BCUT2D eigenvalue weighted by molar-refractivity contribution is -0.202. The Hall–Kier alpha value is -1.74. The third-order valence-corrected chi connectivity index (χ3v) is 2.51. The van der Waals surface area contributed by atoms with Crippen LogP contribution in [0.4, 0.5) is 0 Å². The van der Waals surface area contributed by atoms with E-state index in [4.69, 9.17) is 25.2 Å². The maximum Gasteiger partial charge on any atom is 0.344 e. The van der Waals surface area contributed by atoms with Crippen molar-refractivity contribution in [3.05, 3.63) is 25.3 Å². The number of ether oxygens (including phenoxy) is 1. The molecule has 3 unspecified atom stereocenters. The van der Waals surface area contributed by atoms with Gasteiger partial charge in [0.15, 0.2) is 0 Å². The second-order valence-electron chi connectivity index (χ2n) is 3.67. The summed E-state index contributed by atoms with van der Waals surface area (Å²) < 4.78 is 4.78. The van der Waals surface area contributed by atoms with Crippen LogP contribution in [-0.4, -0.2) is 68.0 Å². The molecule has 0 aromatic carbocycles. The van der Waals surface area contributed by atoms with E-state index in [0.29, 0.717) is 12.2 Å². The van der Waals surface area contributed by atoms with Crippen LogP contribution in [0.5, 0.6) is 0 Å². The Bertz CT molecular complexity index is 379.